The number of nitrogens with zero attached hydrogens (tertiary/aromatic N) is 1. The van der Waals surface area contributed by atoms with Crippen molar-refractivity contribution in [3.05, 3.63) is 33.6 Å². The van der Waals surface area contributed by atoms with E-state index >= 15 is 0 Å². The van der Waals surface area contributed by atoms with Crippen molar-refractivity contribution in [1.82, 2.24) is 9.78 Å². The minimum Gasteiger partial charge on any atom is -0.496 e. The minimum absolute atomic E-state index is 0.0159. The third-order valence-electron chi connectivity index (χ3n) is 4.40. The number of rotatable bonds is 5. The Labute approximate surface area is 161 Å². The molecule has 3 rings (SSSR count). The van der Waals surface area contributed by atoms with Crippen LogP contribution in [0.2, 0.25) is 0 Å². The molecule has 0 saturated heterocycles. The van der Waals surface area contributed by atoms with Gasteiger partial charge in [0.1, 0.15) is 11.6 Å². The molecular weight excluding hydrogens is 370 g/mol. The van der Waals surface area contributed by atoms with Crippen LogP contribution >= 0.6 is 11.8 Å². The van der Waals surface area contributed by atoms with E-state index in [4.69, 9.17) is 14.2 Å². The molecule has 2 heterocycles. The number of amides is 1. The maximum Gasteiger partial charge on any atom is 0.270 e. The first-order chi connectivity index (χ1) is 12.9. The molecule has 0 spiro atoms. The average Bonchev–Trinajstić information content (AvgIpc) is 2.87. The third-order valence-corrected chi connectivity index (χ3v) is 5.65. The molecule has 2 aromatic rings. The summed E-state index contributed by atoms with van der Waals surface area (Å²) in [5.41, 5.74) is 0.991. The van der Waals surface area contributed by atoms with E-state index in [0.29, 0.717) is 28.6 Å². The van der Waals surface area contributed by atoms with Crippen molar-refractivity contribution in [3.63, 3.8) is 0 Å². The second-order valence-electron chi connectivity index (χ2n) is 6.36. The number of benzene rings is 1. The van der Waals surface area contributed by atoms with Crippen molar-refractivity contribution < 1.29 is 19.0 Å². The van der Waals surface area contributed by atoms with Crippen molar-refractivity contribution in [3.8, 4) is 17.2 Å². The second kappa shape index (κ2) is 7.59. The van der Waals surface area contributed by atoms with E-state index in [2.05, 4.69) is 10.4 Å². The number of hydrogen-bond donors (Lipinski definition) is 2. The normalized spacial score (nSPS) is 16.5. The van der Waals surface area contributed by atoms with Crippen molar-refractivity contribution >= 4 is 23.5 Å². The van der Waals surface area contributed by atoms with Gasteiger partial charge < -0.3 is 19.5 Å². The second-order valence-corrected chi connectivity index (χ2v) is 7.45. The summed E-state index contributed by atoms with van der Waals surface area (Å²) in [4.78, 5) is 25.0. The molecular formula is C18H23N3O5S. The molecule has 8 nitrogen and oxygen atoms in total. The number of H-pyrrole nitrogens is 1. The first-order valence-electron chi connectivity index (χ1n) is 8.47. The topological polar surface area (TPSA) is 94.6 Å². The van der Waals surface area contributed by atoms with Gasteiger partial charge in [0, 0.05) is 17.7 Å². The number of carbonyl (C=O) groups is 1. The molecule has 9 heteroatoms. The molecule has 27 heavy (non-hydrogen) atoms. The molecule has 0 bridgehead atoms. The molecule has 2 N–H and O–H groups in total. The van der Waals surface area contributed by atoms with Gasteiger partial charge in [-0.2, -0.15) is 0 Å². The maximum atomic E-state index is 12.8. The molecule has 1 aromatic carbocycles. The molecule has 1 amide bonds. The highest BCUT2D eigenvalue weighted by atomic mass is 32.2. The van der Waals surface area contributed by atoms with Crippen LogP contribution in [0, 0.1) is 0 Å². The molecule has 1 atom stereocenters. The van der Waals surface area contributed by atoms with Gasteiger partial charge in [0.25, 0.3) is 5.56 Å². The Bertz CT molecular complexity index is 918. The van der Waals surface area contributed by atoms with Crippen LogP contribution in [0.1, 0.15) is 36.3 Å². The Balaban J connectivity index is 2.24. The Morgan fingerprint density at radius 2 is 1.70 bits per heavy atom. The van der Waals surface area contributed by atoms with Crippen LogP contribution in [-0.4, -0.2) is 42.8 Å². The molecule has 1 aliphatic rings. The van der Waals surface area contributed by atoms with Crippen LogP contribution in [0.3, 0.4) is 0 Å². The number of ether oxygens (including phenoxy) is 3. The highest BCUT2D eigenvalue weighted by Gasteiger charge is 2.33. The summed E-state index contributed by atoms with van der Waals surface area (Å²) in [7, 11) is 4.65. The Morgan fingerprint density at radius 3 is 2.30 bits per heavy atom. The highest BCUT2D eigenvalue weighted by molar-refractivity contribution is 8.00. The molecule has 0 saturated carbocycles. The fraction of sp³-hybridized carbons (Fsp3) is 0.444. The smallest absolute Gasteiger partial charge is 0.270 e. The third kappa shape index (κ3) is 3.39. The molecule has 1 aliphatic heterocycles. The number of carbonyl (C=O) groups excluding carboxylic acids is 1. The number of aromatic amines is 1. The van der Waals surface area contributed by atoms with Crippen LogP contribution in [0.15, 0.2) is 16.9 Å². The number of aromatic nitrogens is 2. The molecule has 0 aliphatic carbocycles. The van der Waals surface area contributed by atoms with Crippen LogP contribution in [-0.2, 0) is 4.79 Å². The lowest BCUT2D eigenvalue weighted by atomic mass is 10.0. The van der Waals surface area contributed by atoms with Gasteiger partial charge in [0.2, 0.25) is 5.91 Å². The number of anilines is 1. The zero-order valence-electron chi connectivity index (χ0n) is 15.9. The van der Waals surface area contributed by atoms with Gasteiger partial charge in [-0.1, -0.05) is 0 Å². The van der Waals surface area contributed by atoms with E-state index < -0.39 is 5.25 Å². The summed E-state index contributed by atoms with van der Waals surface area (Å²) < 4.78 is 18.0. The molecule has 0 radical (unpaired) electrons. The summed E-state index contributed by atoms with van der Waals surface area (Å²) >= 11 is 1.37. The standard InChI is InChI=1S/C18H23N3O5S/c1-9(2)21-17-15(18(23)20-21)16(27-8-14(22)19-17)10-6-12(25-4)13(26-5)7-11(10)24-3/h6-7,9,16H,8H2,1-5H3,(H,19,22)(H,20,23)/t16-/m0/s1. The van der Waals surface area contributed by atoms with Crippen molar-refractivity contribution in [2.24, 2.45) is 0 Å². The van der Waals surface area contributed by atoms with E-state index in [1.165, 1.54) is 11.8 Å². The van der Waals surface area contributed by atoms with E-state index in [9.17, 15) is 9.59 Å². The summed E-state index contributed by atoms with van der Waals surface area (Å²) in [6.07, 6.45) is 0. The predicted molar refractivity (Wildman–Crippen MR) is 104 cm³/mol. The van der Waals surface area contributed by atoms with E-state index in [1.54, 1.807) is 38.1 Å². The summed E-state index contributed by atoms with van der Waals surface area (Å²) in [5, 5.41) is 5.28. The fourth-order valence-electron chi connectivity index (χ4n) is 3.13. The average molecular weight is 393 g/mol. The quantitative estimate of drug-likeness (QED) is 0.811. The molecule has 0 fully saturated rings. The summed E-state index contributed by atoms with van der Waals surface area (Å²) in [6.45, 7) is 3.87. The van der Waals surface area contributed by atoms with Gasteiger partial charge >= 0.3 is 0 Å². The van der Waals surface area contributed by atoms with Gasteiger partial charge in [-0.05, 0) is 19.9 Å². The Morgan fingerprint density at radius 1 is 1.07 bits per heavy atom. The van der Waals surface area contributed by atoms with Gasteiger partial charge in [0.05, 0.1) is 37.9 Å². The molecule has 146 valence electrons. The molecule has 1 aromatic heterocycles. The lowest BCUT2D eigenvalue weighted by Gasteiger charge is -2.20. The Hall–Kier alpha value is -2.55. The van der Waals surface area contributed by atoms with Crippen LogP contribution in [0.5, 0.6) is 17.2 Å². The van der Waals surface area contributed by atoms with Crippen LogP contribution in [0.25, 0.3) is 0 Å². The number of nitrogens with one attached hydrogen (secondary N) is 2. The van der Waals surface area contributed by atoms with Crippen molar-refractivity contribution in [1.29, 1.82) is 0 Å². The van der Waals surface area contributed by atoms with E-state index in [-0.39, 0.29) is 23.3 Å². The van der Waals surface area contributed by atoms with Gasteiger partial charge in [-0.25, -0.2) is 0 Å². The lowest BCUT2D eigenvalue weighted by Crippen LogP contribution is -2.17. The number of fused-ring (bicyclic) bond motifs is 1. The molecule has 0 unspecified atom stereocenters. The predicted octanol–water partition coefficient (Wildman–Crippen LogP) is 2.56. The van der Waals surface area contributed by atoms with Crippen molar-refractivity contribution in [2.75, 3.05) is 32.4 Å². The van der Waals surface area contributed by atoms with Crippen LogP contribution < -0.4 is 25.1 Å². The maximum absolute atomic E-state index is 12.8. The Kier molecular flexibility index (Phi) is 5.41. The minimum atomic E-state index is -0.405. The SMILES string of the molecule is COc1cc(OC)c([C@@H]2SCC(=O)Nc3c2c(=O)[nH]n3C(C)C)cc1OC. The fourth-order valence-corrected chi connectivity index (χ4v) is 4.27. The van der Waals surface area contributed by atoms with Gasteiger partial charge in [-0.15, -0.1) is 11.8 Å². The number of hydrogen-bond acceptors (Lipinski definition) is 6. The number of thioether (sulfide) groups is 1. The first-order valence-corrected chi connectivity index (χ1v) is 9.51. The highest BCUT2D eigenvalue weighted by Crippen LogP contribution is 2.47. The lowest BCUT2D eigenvalue weighted by molar-refractivity contribution is -0.113. The first kappa shape index (κ1) is 19.2. The summed E-state index contributed by atoms with van der Waals surface area (Å²) in [5.74, 6) is 2.16. The largest absolute Gasteiger partial charge is 0.496 e. The zero-order chi connectivity index (χ0) is 19.7. The summed E-state index contributed by atoms with van der Waals surface area (Å²) in [6, 6.07) is 3.50. The monoisotopic (exact) mass is 393 g/mol. The van der Waals surface area contributed by atoms with Crippen LogP contribution in [0.4, 0.5) is 5.82 Å². The van der Waals surface area contributed by atoms with E-state index in [1.807, 2.05) is 13.8 Å². The van der Waals surface area contributed by atoms with Crippen molar-refractivity contribution in [2.45, 2.75) is 25.1 Å². The van der Waals surface area contributed by atoms with Gasteiger partial charge in [-0.3, -0.25) is 19.4 Å². The van der Waals surface area contributed by atoms with Gasteiger partial charge in [0.15, 0.2) is 11.5 Å². The zero-order valence-corrected chi connectivity index (χ0v) is 16.7. The van der Waals surface area contributed by atoms with E-state index in [0.717, 1.165) is 5.56 Å². The number of methoxy groups -OCH3 is 3.